The number of amides is 2. The molecule has 1 aliphatic heterocycles. The van der Waals surface area contributed by atoms with Crippen LogP contribution in [0.5, 0.6) is 0 Å². The summed E-state index contributed by atoms with van der Waals surface area (Å²) >= 11 is 0. The minimum Gasteiger partial charge on any atom is -0.370 e. The Balaban J connectivity index is 1.47. The van der Waals surface area contributed by atoms with Crippen molar-refractivity contribution in [3.63, 3.8) is 0 Å². The molecule has 4 rings (SSSR count). The molecule has 2 aromatic carbocycles. The lowest BCUT2D eigenvalue weighted by Crippen LogP contribution is -2.50. The van der Waals surface area contributed by atoms with E-state index in [4.69, 9.17) is 5.73 Å². The van der Waals surface area contributed by atoms with Crippen LogP contribution in [0.15, 0.2) is 65.7 Å². The van der Waals surface area contributed by atoms with Crippen LogP contribution in [0.25, 0.3) is 0 Å². The van der Waals surface area contributed by atoms with Gasteiger partial charge in [-0.1, -0.05) is 79.9 Å². The molecule has 1 saturated heterocycles. The third-order valence-electron chi connectivity index (χ3n) is 8.32. The van der Waals surface area contributed by atoms with E-state index in [9.17, 15) is 9.59 Å². The summed E-state index contributed by atoms with van der Waals surface area (Å²) in [4.78, 5) is 32.8. The van der Waals surface area contributed by atoms with Gasteiger partial charge in [0.05, 0.1) is 6.04 Å². The highest BCUT2D eigenvalue weighted by molar-refractivity contribution is 5.82. The number of guanidine groups is 1. The van der Waals surface area contributed by atoms with Crippen molar-refractivity contribution in [1.82, 2.24) is 20.9 Å². The van der Waals surface area contributed by atoms with Crippen molar-refractivity contribution in [2.24, 2.45) is 16.6 Å². The summed E-state index contributed by atoms with van der Waals surface area (Å²) in [7, 11) is 1.65. The number of nitrogens with one attached hydrogen (secondary N) is 3. The average Bonchev–Trinajstić information content (AvgIpc) is 3.15. The average molecular weight is 547 g/mol. The molecule has 1 saturated carbocycles. The van der Waals surface area contributed by atoms with Crippen LogP contribution in [0.4, 0.5) is 0 Å². The number of nitrogens with zero attached hydrogens (tertiary/aromatic N) is 2. The first-order chi connectivity index (χ1) is 19.5. The van der Waals surface area contributed by atoms with Crippen LogP contribution >= 0.6 is 0 Å². The molecule has 8 nitrogen and oxygen atoms in total. The Kier molecular flexibility index (Phi) is 11.4. The van der Waals surface area contributed by atoms with Crippen LogP contribution in [-0.4, -0.2) is 68.0 Å². The molecule has 0 bridgehead atoms. The Labute approximate surface area is 239 Å². The van der Waals surface area contributed by atoms with Crippen molar-refractivity contribution in [1.29, 1.82) is 0 Å². The maximum Gasteiger partial charge on any atom is 0.239 e. The molecule has 2 unspecified atom stereocenters. The molecule has 2 fully saturated rings. The topological polar surface area (TPSA) is 112 Å². The Morgan fingerprint density at radius 3 is 2.27 bits per heavy atom. The van der Waals surface area contributed by atoms with E-state index in [-0.39, 0.29) is 35.7 Å². The summed E-state index contributed by atoms with van der Waals surface area (Å²) in [5.41, 5.74) is 8.19. The molecule has 5 N–H and O–H groups in total. The summed E-state index contributed by atoms with van der Waals surface area (Å²) < 4.78 is 0. The van der Waals surface area contributed by atoms with E-state index < -0.39 is 0 Å². The van der Waals surface area contributed by atoms with Gasteiger partial charge in [0.1, 0.15) is 0 Å². The molecule has 0 aromatic heterocycles. The van der Waals surface area contributed by atoms with Gasteiger partial charge >= 0.3 is 0 Å². The molecule has 1 heterocycles. The molecule has 2 aliphatic rings. The summed E-state index contributed by atoms with van der Waals surface area (Å²) in [6.07, 6.45) is 7.70. The number of rotatable bonds is 11. The third kappa shape index (κ3) is 8.55. The van der Waals surface area contributed by atoms with Gasteiger partial charge in [0, 0.05) is 51.1 Å². The van der Waals surface area contributed by atoms with Gasteiger partial charge in [-0.25, -0.2) is 0 Å². The minimum absolute atomic E-state index is 0.0358. The van der Waals surface area contributed by atoms with E-state index in [1.807, 2.05) is 17.0 Å². The first kappa shape index (κ1) is 29.6. The Morgan fingerprint density at radius 1 is 1.00 bits per heavy atom. The zero-order valence-electron chi connectivity index (χ0n) is 23.9. The van der Waals surface area contributed by atoms with Crippen molar-refractivity contribution < 1.29 is 9.59 Å². The van der Waals surface area contributed by atoms with Crippen LogP contribution in [0.3, 0.4) is 0 Å². The fourth-order valence-electron chi connectivity index (χ4n) is 5.96. The normalized spacial score (nSPS) is 20.8. The van der Waals surface area contributed by atoms with E-state index in [0.717, 1.165) is 38.5 Å². The molecule has 0 spiro atoms. The SMILES string of the molecule is CN=C(N)NCCCC1NC(CNC(=O)C2CCCCC2)CCN(CC(c2ccccc2)c2ccccc2)C1=O. The number of benzene rings is 2. The lowest BCUT2D eigenvalue weighted by Gasteiger charge is -2.29. The van der Waals surface area contributed by atoms with Crippen molar-refractivity contribution in [2.45, 2.75) is 69.4 Å². The predicted molar refractivity (Wildman–Crippen MR) is 161 cm³/mol. The number of carbonyl (C=O) groups is 2. The van der Waals surface area contributed by atoms with Crippen LogP contribution in [0, 0.1) is 5.92 Å². The fraction of sp³-hybridized carbons (Fsp3) is 0.531. The summed E-state index contributed by atoms with van der Waals surface area (Å²) in [6.45, 7) is 2.45. The van der Waals surface area contributed by atoms with Crippen molar-refractivity contribution >= 4 is 17.8 Å². The van der Waals surface area contributed by atoms with E-state index in [1.54, 1.807) is 7.05 Å². The van der Waals surface area contributed by atoms with E-state index in [1.165, 1.54) is 17.5 Å². The van der Waals surface area contributed by atoms with Gasteiger partial charge in [-0.15, -0.1) is 0 Å². The first-order valence-corrected chi connectivity index (χ1v) is 14.9. The molecule has 2 amide bonds. The quantitative estimate of drug-likeness (QED) is 0.196. The van der Waals surface area contributed by atoms with Crippen molar-refractivity contribution in [3.8, 4) is 0 Å². The number of nitrogens with two attached hydrogens (primary N) is 1. The Bertz CT molecular complexity index is 1050. The fourth-order valence-corrected chi connectivity index (χ4v) is 5.96. The highest BCUT2D eigenvalue weighted by Crippen LogP contribution is 2.27. The highest BCUT2D eigenvalue weighted by Gasteiger charge is 2.33. The molecule has 1 aliphatic carbocycles. The van der Waals surface area contributed by atoms with Gasteiger partial charge in [-0.05, 0) is 43.2 Å². The Morgan fingerprint density at radius 2 is 1.65 bits per heavy atom. The van der Waals surface area contributed by atoms with Gasteiger partial charge in [-0.2, -0.15) is 0 Å². The summed E-state index contributed by atoms with van der Waals surface area (Å²) in [5, 5.41) is 9.91. The molecule has 0 radical (unpaired) electrons. The van der Waals surface area contributed by atoms with Crippen LogP contribution < -0.4 is 21.7 Å². The second-order valence-corrected chi connectivity index (χ2v) is 11.1. The lowest BCUT2D eigenvalue weighted by atomic mass is 9.88. The molecular formula is C32H46N6O2. The predicted octanol–water partition coefficient (Wildman–Crippen LogP) is 3.39. The number of hydrogen-bond acceptors (Lipinski definition) is 4. The maximum absolute atomic E-state index is 14.0. The largest absolute Gasteiger partial charge is 0.370 e. The number of hydrogen-bond donors (Lipinski definition) is 4. The summed E-state index contributed by atoms with van der Waals surface area (Å²) in [5.74, 6) is 0.894. The van der Waals surface area contributed by atoms with Gasteiger partial charge in [-0.3, -0.25) is 14.6 Å². The second-order valence-electron chi connectivity index (χ2n) is 11.1. The van der Waals surface area contributed by atoms with Crippen LogP contribution in [0.1, 0.15) is 68.4 Å². The smallest absolute Gasteiger partial charge is 0.239 e. The van der Waals surface area contributed by atoms with Gasteiger partial charge in [0.15, 0.2) is 5.96 Å². The second kappa shape index (κ2) is 15.4. The lowest BCUT2D eigenvalue weighted by molar-refractivity contribution is -0.133. The zero-order chi connectivity index (χ0) is 28.2. The zero-order valence-corrected chi connectivity index (χ0v) is 23.9. The van der Waals surface area contributed by atoms with Gasteiger partial charge in [0.25, 0.3) is 0 Å². The molecule has 2 atom stereocenters. The van der Waals surface area contributed by atoms with Crippen molar-refractivity contribution in [3.05, 3.63) is 71.8 Å². The Hall–Kier alpha value is -3.39. The van der Waals surface area contributed by atoms with Gasteiger partial charge in [0.2, 0.25) is 11.8 Å². The minimum atomic E-state index is -0.326. The molecule has 40 heavy (non-hydrogen) atoms. The maximum atomic E-state index is 14.0. The standard InChI is InChI=1S/C32H46N6O2/c1-34-32(33)35-20-11-18-29-31(40)38(21-19-27(37-29)22-36-30(39)26-16-9-4-10-17-26)23-28(24-12-5-2-6-13-24)25-14-7-3-8-15-25/h2-3,5-8,12-15,26-29,37H,4,9-11,16-23H2,1H3,(H,36,39)(H3,33,34,35). The van der Waals surface area contributed by atoms with Crippen LogP contribution in [-0.2, 0) is 9.59 Å². The first-order valence-electron chi connectivity index (χ1n) is 14.9. The van der Waals surface area contributed by atoms with E-state index in [2.05, 4.69) is 69.5 Å². The van der Waals surface area contributed by atoms with E-state index in [0.29, 0.717) is 38.6 Å². The molecule has 2 aromatic rings. The molecule has 8 heteroatoms. The van der Waals surface area contributed by atoms with Crippen molar-refractivity contribution in [2.75, 3.05) is 33.2 Å². The van der Waals surface area contributed by atoms with Crippen LogP contribution in [0.2, 0.25) is 0 Å². The molecule has 216 valence electrons. The monoisotopic (exact) mass is 546 g/mol. The van der Waals surface area contributed by atoms with E-state index >= 15 is 0 Å². The molecular weight excluding hydrogens is 500 g/mol. The third-order valence-corrected chi connectivity index (χ3v) is 8.32. The number of aliphatic imine (C=N–C) groups is 1. The summed E-state index contributed by atoms with van der Waals surface area (Å²) in [6, 6.07) is 20.6. The highest BCUT2D eigenvalue weighted by atomic mass is 16.2. The number of carbonyl (C=O) groups excluding carboxylic acids is 2. The van der Waals surface area contributed by atoms with Gasteiger partial charge < -0.3 is 26.6 Å².